The molecule has 0 atom stereocenters. The maximum absolute atomic E-state index is 9.96. The number of benzene rings is 3. The van der Waals surface area contributed by atoms with Gasteiger partial charge in [0.05, 0.1) is 0 Å². The summed E-state index contributed by atoms with van der Waals surface area (Å²) < 4.78 is 0. The summed E-state index contributed by atoms with van der Waals surface area (Å²) in [6, 6.07) is 17.3. The molecular weight excluding hydrogens is 304 g/mol. The van der Waals surface area contributed by atoms with Crippen molar-refractivity contribution in [3.8, 4) is 5.75 Å². The van der Waals surface area contributed by atoms with E-state index < -0.39 is 0 Å². The summed E-state index contributed by atoms with van der Waals surface area (Å²) in [5, 5.41) is 18.7. The largest absolute Gasteiger partial charge is 0.507 e. The molecule has 0 fully saturated rings. The van der Waals surface area contributed by atoms with E-state index in [1.54, 1.807) is 6.07 Å². The van der Waals surface area contributed by atoms with Crippen molar-refractivity contribution >= 4 is 39.5 Å². The number of aryl methyl sites for hydroxylation is 1. The van der Waals surface area contributed by atoms with Crippen LogP contribution in [0.25, 0.3) is 10.8 Å². The van der Waals surface area contributed by atoms with Gasteiger partial charge in [-0.25, -0.2) is 0 Å². The lowest BCUT2D eigenvalue weighted by molar-refractivity contribution is 0.481. The predicted octanol–water partition coefficient (Wildman–Crippen LogP) is 4.97. The van der Waals surface area contributed by atoms with Gasteiger partial charge in [0.1, 0.15) is 5.75 Å². The molecule has 0 aliphatic carbocycles. The Morgan fingerprint density at radius 2 is 1.43 bits per heavy atom. The second-order valence-electron chi connectivity index (χ2n) is 5.50. The monoisotopic (exact) mass is 322 g/mol. The molecule has 116 valence electrons. The summed E-state index contributed by atoms with van der Waals surface area (Å²) in [6.45, 7) is 4.14. The summed E-state index contributed by atoms with van der Waals surface area (Å²) in [6.07, 6.45) is 0. The molecule has 3 rings (SSSR count). The highest BCUT2D eigenvalue weighted by atomic mass is 32.1. The van der Waals surface area contributed by atoms with Crippen molar-refractivity contribution in [1.29, 1.82) is 0 Å². The number of fused-ring (bicyclic) bond motifs is 1. The van der Waals surface area contributed by atoms with Crippen LogP contribution in [0, 0.1) is 13.8 Å². The van der Waals surface area contributed by atoms with Crippen LogP contribution in [0.2, 0.25) is 0 Å². The second-order valence-corrected chi connectivity index (χ2v) is 5.91. The van der Waals surface area contributed by atoms with Crippen LogP contribution in [0.3, 0.4) is 0 Å². The first kappa shape index (κ1) is 15.3. The van der Waals surface area contributed by atoms with Gasteiger partial charge in [0.15, 0.2) is 5.11 Å². The third kappa shape index (κ3) is 3.12. The molecule has 23 heavy (non-hydrogen) atoms. The third-order valence-electron chi connectivity index (χ3n) is 4.00. The number of nitrogens with one attached hydrogen (secondary N) is 2. The Bertz CT molecular complexity index is 890. The van der Waals surface area contributed by atoms with E-state index in [1.165, 1.54) is 11.1 Å². The predicted molar refractivity (Wildman–Crippen MR) is 101 cm³/mol. The van der Waals surface area contributed by atoms with Gasteiger partial charge in [0.25, 0.3) is 0 Å². The minimum Gasteiger partial charge on any atom is -0.507 e. The highest BCUT2D eigenvalue weighted by Crippen LogP contribution is 2.30. The van der Waals surface area contributed by atoms with Crippen molar-refractivity contribution in [3.05, 3.63) is 65.7 Å². The Hall–Kier alpha value is -2.59. The van der Waals surface area contributed by atoms with Crippen molar-refractivity contribution in [2.24, 2.45) is 0 Å². The van der Waals surface area contributed by atoms with Crippen LogP contribution in [-0.2, 0) is 0 Å². The van der Waals surface area contributed by atoms with Gasteiger partial charge in [-0.3, -0.25) is 0 Å². The average molecular weight is 322 g/mol. The average Bonchev–Trinajstić information content (AvgIpc) is 2.53. The van der Waals surface area contributed by atoms with Crippen LogP contribution in [0.1, 0.15) is 11.1 Å². The van der Waals surface area contributed by atoms with Crippen LogP contribution >= 0.6 is 12.2 Å². The molecule has 4 heteroatoms. The van der Waals surface area contributed by atoms with Gasteiger partial charge in [-0.05, 0) is 55.4 Å². The lowest BCUT2D eigenvalue weighted by atomic mass is 10.1. The van der Waals surface area contributed by atoms with Crippen LogP contribution in [0.4, 0.5) is 11.4 Å². The molecule has 3 N–H and O–H groups in total. The van der Waals surface area contributed by atoms with Crippen LogP contribution < -0.4 is 10.6 Å². The first-order chi connectivity index (χ1) is 11.1. The molecule has 0 spiro atoms. The van der Waals surface area contributed by atoms with E-state index in [1.807, 2.05) is 42.5 Å². The molecule has 0 amide bonds. The van der Waals surface area contributed by atoms with Gasteiger partial charge in [-0.1, -0.05) is 36.4 Å². The van der Waals surface area contributed by atoms with Gasteiger partial charge in [0.2, 0.25) is 0 Å². The Kier molecular flexibility index (Phi) is 4.17. The molecular formula is C19H18N2OS. The van der Waals surface area contributed by atoms with Crippen LogP contribution in [-0.4, -0.2) is 10.2 Å². The van der Waals surface area contributed by atoms with Gasteiger partial charge < -0.3 is 15.7 Å². The molecule has 3 aromatic carbocycles. The number of phenols is 1. The normalized spacial score (nSPS) is 10.5. The molecule has 0 aliphatic heterocycles. The van der Waals surface area contributed by atoms with Crippen LogP contribution in [0.15, 0.2) is 54.6 Å². The first-order valence-electron chi connectivity index (χ1n) is 7.41. The quantitative estimate of drug-likeness (QED) is 0.583. The summed E-state index contributed by atoms with van der Waals surface area (Å²) in [5.41, 5.74) is 4.24. The number of anilines is 2. The molecule has 0 heterocycles. The summed E-state index contributed by atoms with van der Waals surface area (Å²) in [7, 11) is 0. The lowest BCUT2D eigenvalue weighted by Crippen LogP contribution is -2.19. The minimum absolute atomic E-state index is 0.263. The maximum Gasteiger partial charge on any atom is 0.175 e. The maximum atomic E-state index is 9.96. The van der Waals surface area contributed by atoms with Gasteiger partial charge in [0, 0.05) is 22.1 Å². The van der Waals surface area contributed by atoms with E-state index in [2.05, 4.69) is 30.5 Å². The number of aromatic hydroxyl groups is 1. The topological polar surface area (TPSA) is 44.3 Å². The fourth-order valence-corrected chi connectivity index (χ4v) is 2.78. The highest BCUT2D eigenvalue weighted by molar-refractivity contribution is 7.80. The zero-order chi connectivity index (χ0) is 16.4. The van der Waals surface area contributed by atoms with Crippen molar-refractivity contribution in [3.63, 3.8) is 0 Å². The number of thiocarbonyl (C=S) groups is 1. The molecule has 0 bridgehead atoms. The number of hydrogen-bond donors (Lipinski definition) is 3. The summed E-state index contributed by atoms with van der Waals surface area (Å²) in [4.78, 5) is 0. The van der Waals surface area contributed by atoms with Gasteiger partial charge >= 0.3 is 0 Å². The molecule has 0 unspecified atom stereocenters. The van der Waals surface area contributed by atoms with E-state index in [-0.39, 0.29) is 5.75 Å². The van der Waals surface area contributed by atoms with Crippen molar-refractivity contribution < 1.29 is 5.11 Å². The third-order valence-corrected chi connectivity index (χ3v) is 4.20. The second kappa shape index (κ2) is 6.26. The molecule has 0 saturated carbocycles. The molecule has 0 saturated heterocycles. The van der Waals surface area contributed by atoms with E-state index >= 15 is 0 Å². The van der Waals surface area contributed by atoms with Gasteiger partial charge in [-0.15, -0.1) is 0 Å². The summed E-state index contributed by atoms with van der Waals surface area (Å²) >= 11 is 5.43. The Morgan fingerprint density at radius 3 is 2.26 bits per heavy atom. The Labute approximate surface area is 141 Å². The number of hydrogen-bond acceptors (Lipinski definition) is 2. The number of rotatable bonds is 2. The zero-order valence-corrected chi connectivity index (χ0v) is 13.9. The zero-order valence-electron chi connectivity index (χ0n) is 13.1. The van der Waals surface area contributed by atoms with Crippen LogP contribution in [0.5, 0.6) is 5.75 Å². The SMILES string of the molecule is Cc1cccc(NC(=S)Nc2cccc3c(O)cccc23)c1C. The lowest BCUT2D eigenvalue weighted by Gasteiger charge is -2.15. The van der Waals surface area contributed by atoms with Crippen molar-refractivity contribution in [2.75, 3.05) is 10.6 Å². The Morgan fingerprint density at radius 1 is 0.826 bits per heavy atom. The standard InChI is InChI=1S/C19H18N2OS/c1-12-6-3-9-16(13(12)2)20-19(23)21-17-10-4-8-15-14(17)7-5-11-18(15)22/h3-11,22H,1-2H3,(H2,20,21,23). The molecule has 0 radical (unpaired) electrons. The first-order valence-corrected chi connectivity index (χ1v) is 7.82. The minimum atomic E-state index is 0.263. The van der Waals surface area contributed by atoms with Crippen molar-refractivity contribution in [2.45, 2.75) is 13.8 Å². The molecule has 3 nitrogen and oxygen atoms in total. The van der Waals surface area contributed by atoms with Crippen molar-refractivity contribution in [1.82, 2.24) is 0 Å². The highest BCUT2D eigenvalue weighted by Gasteiger charge is 2.07. The Balaban J connectivity index is 1.86. The molecule has 0 aliphatic rings. The van der Waals surface area contributed by atoms with E-state index in [9.17, 15) is 5.11 Å². The fourth-order valence-electron chi connectivity index (χ4n) is 2.56. The number of phenolic OH excluding ortho intramolecular Hbond substituents is 1. The summed E-state index contributed by atoms with van der Waals surface area (Å²) in [5.74, 6) is 0.263. The van der Waals surface area contributed by atoms with E-state index in [0.717, 1.165) is 22.1 Å². The van der Waals surface area contributed by atoms with Gasteiger partial charge in [-0.2, -0.15) is 0 Å². The smallest absolute Gasteiger partial charge is 0.175 e. The molecule has 0 aromatic heterocycles. The molecule has 3 aromatic rings. The van der Waals surface area contributed by atoms with E-state index in [0.29, 0.717) is 5.11 Å². The van der Waals surface area contributed by atoms with E-state index in [4.69, 9.17) is 12.2 Å². The fraction of sp³-hybridized carbons (Fsp3) is 0.105.